The van der Waals surface area contributed by atoms with Crippen LogP contribution >= 0.6 is 11.8 Å². The number of benzene rings is 2. The first-order valence-electron chi connectivity index (χ1n) is 11.9. The van der Waals surface area contributed by atoms with Crippen molar-refractivity contribution in [2.75, 3.05) is 20.8 Å². The fourth-order valence-corrected chi connectivity index (χ4v) is 6.04. The van der Waals surface area contributed by atoms with E-state index in [-0.39, 0.29) is 30.2 Å². The Kier molecular flexibility index (Phi) is 8.59. The number of hydrogen-bond donors (Lipinski definition) is 1. The normalized spacial score (nSPS) is 21.3. The Morgan fingerprint density at radius 2 is 1.80 bits per heavy atom. The predicted molar refractivity (Wildman–Crippen MR) is 135 cm³/mol. The van der Waals surface area contributed by atoms with Crippen molar-refractivity contribution in [2.24, 2.45) is 0 Å². The third-order valence-corrected chi connectivity index (χ3v) is 7.91. The summed E-state index contributed by atoms with van der Waals surface area (Å²) in [5.74, 6) is -0.490. The van der Waals surface area contributed by atoms with Crippen molar-refractivity contribution in [1.29, 1.82) is 0 Å². The van der Waals surface area contributed by atoms with E-state index in [4.69, 9.17) is 9.47 Å². The van der Waals surface area contributed by atoms with Crippen LogP contribution in [0.1, 0.15) is 47.2 Å². The quantitative estimate of drug-likeness (QED) is 0.426. The van der Waals surface area contributed by atoms with Crippen LogP contribution in [0.15, 0.2) is 53.4 Å². The number of carbonyl (C=O) groups is 2. The Hall–Kier alpha value is -2.68. The van der Waals surface area contributed by atoms with Crippen LogP contribution in [0.25, 0.3) is 6.08 Å². The van der Waals surface area contributed by atoms with E-state index in [9.17, 15) is 14.0 Å². The average molecular weight is 499 g/mol. The number of ether oxygens (including phenoxy) is 2. The van der Waals surface area contributed by atoms with Crippen molar-refractivity contribution >= 4 is 29.7 Å². The molecule has 0 bridgehead atoms. The maximum Gasteiger partial charge on any atom is 0.260 e. The zero-order valence-electron chi connectivity index (χ0n) is 20.0. The highest BCUT2D eigenvalue weighted by molar-refractivity contribution is 8.04. The Bertz CT molecular complexity index is 1050. The minimum atomic E-state index is -0.501. The zero-order valence-corrected chi connectivity index (χ0v) is 20.9. The summed E-state index contributed by atoms with van der Waals surface area (Å²) in [7, 11) is 3.03. The molecule has 2 aliphatic rings. The van der Waals surface area contributed by atoms with Gasteiger partial charge in [0, 0.05) is 37.6 Å². The van der Waals surface area contributed by atoms with Gasteiger partial charge in [-0.15, -0.1) is 11.8 Å². The molecule has 2 atom stereocenters. The molecule has 2 aromatic carbocycles. The number of rotatable bonds is 8. The SMILES string of the molecule is COC(CNC(=O)c1ccc(/C=C2\SC3CCCCC3N(Cc3ccc(F)cc3)C2=O)cc1)OC. The van der Waals surface area contributed by atoms with Crippen molar-refractivity contribution in [2.45, 2.75) is 49.8 Å². The van der Waals surface area contributed by atoms with Crippen LogP contribution in [-0.4, -0.2) is 55.1 Å². The molecule has 35 heavy (non-hydrogen) atoms. The van der Waals surface area contributed by atoms with E-state index in [0.29, 0.717) is 22.3 Å². The summed E-state index contributed by atoms with van der Waals surface area (Å²) in [6.07, 6.45) is 5.75. The van der Waals surface area contributed by atoms with Gasteiger partial charge in [0.15, 0.2) is 6.29 Å². The van der Waals surface area contributed by atoms with Gasteiger partial charge in [0.1, 0.15) is 5.82 Å². The lowest BCUT2D eigenvalue weighted by Gasteiger charge is -2.44. The molecule has 4 rings (SSSR count). The van der Waals surface area contributed by atoms with Crippen molar-refractivity contribution < 1.29 is 23.5 Å². The monoisotopic (exact) mass is 498 g/mol. The lowest BCUT2D eigenvalue weighted by molar-refractivity contribution is -0.130. The molecule has 1 saturated heterocycles. The van der Waals surface area contributed by atoms with Crippen LogP contribution in [-0.2, 0) is 20.8 Å². The van der Waals surface area contributed by atoms with E-state index >= 15 is 0 Å². The fraction of sp³-hybridized carbons (Fsp3) is 0.407. The standard InChI is InChI=1S/C27H31FN2O4S/c1-33-25(34-2)16-29-26(31)20-11-7-18(8-12-20)15-24-27(32)30(17-19-9-13-21(28)14-10-19)22-5-3-4-6-23(22)35-24/h7-15,22-23,25H,3-6,16-17H2,1-2H3,(H,29,31)/b24-15-. The van der Waals surface area contributed by atoms with E-state index in [0.717, 1.165) is 36.8 Å². The summed E-state index contributed by atoms with van der Waals surface area (Å²) >= 11 is 1.66. The molecule has 6 nitrogen and oxygen atoms in total. The Labute approximate surface area is 209 Å². The molecule has 0 radical (unpaired) electrons. The summed E-state index contributed by atoms with van der Waals surface area (Å²) in [5, 5.41) is 3.13. The number of halogens is 1. The summed E-state index contributed by atoms with van der Waals surface area (Å²) in [6.45, 7) is 0.719. The number of carbonyl (C=O) groups excluding carboxylic acids is 2. The Morgan fingerprint density at radius 3 is 2.49 bits per heavy atom. The van der Waals surface area contributed by atoms with E-state index in [1.54, 1.807) is 36.0 Å². The van der Waals surface area contributed by atoms with Gasteiger partial charge in [0.2, 0.25) is 0 Å². The van der Waals surface area contributed by atoms with Gasteiger partial charge in [0.25, 0.3) is 11.8 Å². The number of thioether (sulfide) groups is 1. The van der Waals surface area contributed by atoms with Crippen LogP contribution < -0.4 is 5.32 Å². The summed E-state index contributed by atoms with van der Waals surface area (Å²) in [4.78, 5) is 28.6. The number of nitrogens with zero attached hydrogens (tertiary/aromatic N) is 1. The second-order valence-corrected chi connectivity index (χ2v) is 10.1. The highest BCUT2D eigenvalue weighted by Gasteiger charge is 2.40. The lowest BCUT2D eigenvalue weighted by Crippen LogP contribution is -2.50. The molecule has 2 aromatic rings. The number of fused-ring (bicyclic) bond motifs is 1. The van der Waals surface area contributed by atoms with Crippen molar-refractivity contribution in [1.82, 2.24) is 10.2 Å². The van der Waals surface area contributed by atoms with Crippen molar-refractivity contribution in [3.63, 3.8) is 0 Å². The van der Waals surface area contributed by atoms with Gasteiger partial charge in [-0.3, -0.25) is 9.59 Å². The molecule has 2 fully saturated rings. The van der Waals surface area contributed by atoms with Gasteiger partial charge in [-0.05, 0) is 54.3 Å². The third kappa shape index (κ3) is 6.31. The molecule has 1 N–H and O–H groups in total. The van der Waals surface area contributed by atoms with E-state index in [1.807, 2.05) is 23.1 Å². The number of amides is 2. The van der Waals surface area contributed by atoms with Gasteiger partial charge in [-0.2, -0.15) is 0 Å². The van der Waals surface area contributed by atoms with Crippen LogP contribution in [0.4, 0.5) is 4.39 Å². The second kappa shape index (κ2) is 11.8. The van der Waals surface area contributed by atoms with Gasteiger partial charge in [-0.1, -0.05) is 37.1 Å². The summed E-state index contributed by atoms with van der Waals surface area (Å²) in [5.41, 5.74) is 2.31. The highest BCUT2D eigenvalue weighted by Crippen LogP contribution is 2.42. The number of methoxy groups -OCH3 is 2. The average Bonchev–Trinajstić information content (AvgIpc) is 2.88. The van der Waals surface area contributed by atoms with E-state index < -0.39 is 6.29 Å². The lowest BCUT2D eigenvalue weighted by atomic mass is 9.92. The highest BCUT2D eigenvalue weighted by atomic mass is 32.2. The first kappa shape index (κ1) is 25.4. The molecule has 0 spiro atoms. The van der Waals surface area contributed by atoms with Crippen LogP contribution in [0, 0.1) is 5.82 Å². The van der Waals surface area contributed by atoms with E-state index in [2.05, 4.69) is 5.32 Å². The largest absolute Gasteiger partial charge is 0.354 e. The first-order chi connectivity index (χ1) is 17.0. The molecule has 0 aromatic heterocycles. The van der Waals surface area contributed by atoms with Crippen molar-refractivity contribution in [3.05, 3.63) is 75.9 Å². The Morgan fingerprint density at radius 1 is 1.11 bits per heavy atom. The molecule has 1 heterocycles. The number of hydrogen-bond acceptors (Lipinski definition) is 5. The van der Waals surface area contributed by atoms with Gasteiger partial charge in [-0.25, -0.2) is 4.39 Å². The molecular weight excluding hydrogens is 467 g/mol. The van der Waals surface area contributed by atoms with Gasteiger partial charge in [0.05, 0.1) is 11.4 Å². The molecule has 186 valence electrons. The van der Waals surface area contributed by atoms with Crippen LogP contribution in [0.3, 0.4) is 0 Å². The van der Waals surface area contributed by atoms with E-state index in [1.165, 1.54) is 26.4 Å². The van der Waals surface area contributed by atoms with Gasteiger partial charge < -0.3 is 19.7 Å². The minimum absolute atomic E-state index is 0.00877. The van der Waals surface area contributed by atoms with Gasteiger partial charge >= 0.3 is 0 Å². The summed E-state index contributed by atoms with van der Waals surface area (Å²) < 4.78 is 23.6. The second-order valence-electron chi connectivity index (χ2n) is 8.81. The predicted octanol–water partition coefficient (Wildman–Crippen LogP) is 4.60. The first-order valence-corrected chi connectivity index (χ1v) is 12.7. The van der Waals surface area contributed by atoms with Crippen molar-refractivity contribution in [3.8, 4) is 0 Å². The number of nitrogens with one attached hydrogen (secondary N) is 1. The molecule has 1 aliphatic heterocycles. The minimum Gasteiger partial charge on any atom is -0.354 e. The summed E-state index contributed by atoms with van der Waals surface area (Å²) in [6, 6.07) is 13.7. The maximum absolute atomic E-state index is 13.5. The molecule has 2 unspecified atom stereocenters. The molecule has 2 amide bonds. The van der Waals surface area contributed by atoms with Crippen LogP contribution in [0.2, 0.25) is 0 Å². The zero-order chi connectivity index (χ0) is 24.8. The molecule has 1 aliphatic carbocycles. The third-order valence-electron chi connectivity index (χ3n) is 6.51. The Balaban J connectivity index is 1.49. The topological polar surface area (TPSA) is 67.9 Å². The molecule has 1 saturated carbocycles. The molecule has 8 heteroatoms. The molecular formula is C27H31FN2O4S. The maximum atomic E-state index is 13.5. The smallest absolute Gasteiger partial charge is 0.260 e. The van der Waals surface area contributed by atoms with Crippen LogP contribution in [0.5, 0.6) is 0 Å². The fourth-order valence-electron chi connectivity index (χ4n) is 4.57.